The van der Waals surface area contributed by atoms with E-state index in [4.69, 9.17) is 9.47 Å². The van der Waals surface area contributed by atoms with E-state index < -0.39 is 0 Å². The maximum atomic E-state index is 12.1. The van der Waals surface area contributed by atoms with Gasteiger partial charge in [0.1, 0.15) is 11.9 Å². The first-order valence-corrected chi connectivity index (χ1v) is 8.93. The first-order chi connectivity index (χ1) is 11.6. The van der Waals surface area contributed by atoms with Gasteiger partial charge in [0.15, 0.2) is 0 Å². The smallest absolute Gasteiger partial charge is 0.312 e. The number of hydrogen-bond donors (Lipinski definition) is 2. The number of carbonyl (C=O) groups is 1. The van der Waals surface area contributed by atoms with Crippen molar-refractivity contribution in [1.82, 2.24) is 5.32 Å². The molecule has 0 aromatic heterocycles. The molecule has 0 saturated carbocycles. The Kier molecular flexibility index (Phi) is 6.91. The van der Waals surface area contributed by atoms with Crippen molar-refractivity contribution in [1.29, 1.82) is 0 Å². The molecule has 0 spiro atoms. The lowest BCUT2D eigenvalue weighted by Gasteiger charge is -2.20. The molecular weight excluding hydrogens is 304 g/mol. The van der Waals surface area contributed by atoms with Gasteiger partial charge in [-0.15, -0.1) is 0 Å². The van der Waals surface area contributed by atoms with Crippen LogP contribution in [0.2, 0.25) is 0 Å². The number of methoxy groups -OCH3 is 1. The minimum absolute atomic E-state index is 0.00260. The lowest BCUT2D eigenvalue weighted by atomic mass is 9.79. The molecule has 2 N–H and O–H groups in total. The van der Waals surface area contributed by atoms with E-state index in [2.05, 4.69) is 24.5 Å². The number of hydrogen-bond acceptors (Lipinski definition) is 5. The van der Waals surface area contributed by atoms with E-state index in [-0.39, 0.29) is 17.5 Å². The predicted molar refractivity (Wildman–Crippen MR) is 96.5 cm³/mol. The summed E-state index contributed by atoms with van der Waals surface area (Å²) in [5.41, 5.74) is 0.815. The summed E-state index contributed by atoms with van der Waals surface area (Å²) in [6.45, 7) is 6.72. The first-order valence-electron chi connectivity index (χ1n) is 8.93. The minimum atomic E-state index is -0.238. The van der Waals surface area contributed by atoms with Gasteiger partial charge in [-0.25, -0.2) is 0 Å². The topological polar surface area (TPSA) is 59.6 Å². The summed E-state index contributed by atoms with van der Waals surface area (Å²) in [7, 11) is 1.67. The van der Waals surface area contributed by atoms with Crippen molar-refractivity contribution in [2.45, 2.75) is 45.6 Å². The summed E-state index contributed by atoms with van der Waals surface area (Å²) in [5, 5.41) is 6.76. The van der Waals surface area contributed by atoms with E-state index >= 15 is 0 Å². The first kappa shape index (κ1) is 18.6. The third-order valence-electron chi connectivity index (χ3n) is 5.02. The maximum absolute atomic E-state index is 12.1. The van der Waals surface area contributed by atoms with Gasteiger partial charge in [0.05, 0.1) is 12.5 Å². The van der Waals surface area contributed by atoms with Gasteiger partial charge < -0.3 is 20.1 Å². The van der Waals surface area contributed by atoms with Gasteiger partial charge in [0.2, 0.25) is 0 Å². The van der Waals surface area contributed by atoms with E-state index in [1.54, 1.807) is 7.11 Å². The molecule has 5 heteroatoms. The van der Waals surface area contributed by atoms with Crippen molar-refractivity contribution in [3.05, 3.63) is 24.3 Å². The second-order valence-corrected chi connectivity index (χ2v) is 6.42. The standard InChI is InChI=1S/C19H30N2O3/c1-4-19(5-2)14-17(24-18(19)22)9-10-20-11-12-21-15-7-6-8-16(13-15)23-3/h6-8,13,17,20-21H,4-5,9-12,14H2,1-3H3. The number of esters is 1. The summed E-state index contributed by atoms with van der Waals surface area (Å²) in [4.78, 5) is 12.1. The highest BCUT2D eigenvalue weighted by Gasteiger charge is 2.45. The normalized spacial score (nSPS) is 19.1. The average molecular weight is 334 g/mol. The fourth-order valence-electron chi connectivity index (χ4n) is 3.24. The third kappa shape index (κ3) is 4.63. The Bertz CT molecular complexity index is 529. The van der Waals surface area contributed by atoms with Crippen LogP contribution >= 0.6 is 0 Å². The quantitative estimate of drug-likeness (QED) is 0.508. The maximum Gasteiger partial charge on any atom is 0.312 e. The van der Waals surface area contributed by atoms with Crippen molar-refractivity contribution >= 4 is 11.7 Å². The van der Waals surface area contributed by atoms with E-state index in [1.807, 2.05) is 24.3 Å². The van der Waals surface area contributed by atoms with Gasteiger partial charge >= 0.3 is 5.97 Å². The average Bonchev–Trinajstić information content (AvgIpc) is 2.94. The van der Waals surface area contributed by atoms with Crippen LogP contribution in [-0.2, 0) is 9.53 Å². The van der Waals surface area contributed by atoms with E-state index in [9.17, 15) is 4.79 Å². The number of cyclic esters (lactones) is 1. The molecule has 1 aromatic rings. The molecule has 1 saturated heterocycles. The molecule has 0 aliphatic carbocycles. The number of nitrogens with one attached hydrogen (secondary N) is 2. The van der Waals surface area contributed by atoms with Crippen LogP contribution in [0, 0.1) is 5.41 Å². The molecule has 134 valence electrons. The van der Waals surface area contributed by atoms with E-state index in [0.29, 0.717) is 0 Å². The zero-order valence-corrected chi connectivity index (χ0v) is 15.1. The van der Waals surface area contributed by atoms with Crippen LogP contribution in [0.1, 0.15) is 39.5 Å². The fourth-order valence-corrected chi connectivity index (χ4v) is 3.24. The van der Waals surface area contributed by atoms with Crippen LogP contribution in [0.5, 0.6) is 5.75 Å². The van der Waals surface area contributed by atoms with Crippen LogP contribution in [0.4, 0.5) is 5.69 Å². The molecule has 1 heterocycles. The van der Waals surface area contributed by atoms with Gasteiger partial charge in [-0.1, -0.05) is 19.9 Å². The molecule has 2 rings (SSSR count). The predicted octanol–water partition coefficient (Wildman–Crippen LogP) is 3.21. The number of anilines is 1. The Morgan fingerprint density at radius 3 is 2.71 bits per heavy atom. The molecule has 1 aliphatic rings. The summed E-state index contributed by atoms with van der Waals surface area (Å²) >= 11 is 0. The van der Waals surface area contributed by atoms with E-state index in [0.717, 1.165) is 56.8 Å². The van der Waals surface area contributed by atoms with Crippen LogP contribution in [0.3, 0.4) is 0 Å². The molecule has 24 heavy (non-hydrogen) atoms. The van der Waals surface area contributed by atoms with Gasteiger partial charge in [0.25, 0.3) is 0 Å². The van der Waals surface area contributed by atoms with Crippen molar-refractivity contribution in [2.75, 3.05) is 32.1 Å². The SMILES string of the molecule is CCC1(CC)CC(CCNCCNc2cccc(OC)c2)OC1=O. The van der Waals surface area contributed by atoms with Gasteiger partial charge in [-0.05, 0) is 37.9 Å². The van der Waals surface area contributed by atoms with Crippen LogP contribution in [0.15, 0.2) is 24.3 Å². The van der Waals surface area contributed by atoms with Crippen LogP contribution in [-0.4, -0.2) is 38.8 Å². The number of ether oxygens (including phenoxy) is 2. The number of rotatable bonds is 10. The molecule has 5 nitrogen and oxygen atoms in total. The second-order valence-electron chi connectivity index (χ2n) is 6.42. The molecule has 0 radical (unpaired) electrons. The molecule has 1 unspecified atom stereocenters. The molecule has 1 aliphatic heterocycles. The largest absolute Gasteiger partial charge is 0.497 e. The number of benzene rings is 1. The highest BCUT2D eigenvalue weighted by Crippen LogP contribution is 2.40. The number of carbonyl (C=O) groups excluding carboxylic acids is 1. The summed E-state index contributed by atoms with van der Waals surface area (Å²) < 4.78 is 10.8. The third-order valence-corrected chi connectivity index (χ3v) is 5.02. The molecule has 1 fully saturated rings. The highest BCUT2D eigenvalue weighted by molar-refractivity contribution is 5.78. The zero-order chi connectivity index (χ0) is 17.4. The zero-order valence-electron chi connectivity index (χ0n) is 15.1. The Labute approximate surface area is 145 Å². The van der Waals surface area contributed by atoms with Crippen LogP contribution in [0.25, 0.3) is 0 Å². The Hall–Kier alpha value is -1.75. The Morgan fingerprint density at radius 2 is 2.04 bits per heavy atom. The summed E-state index contributed by atoms with van der Waals surface area (Å²) in [5.74, 6) is 0.850. The molecule has 0 bridgehead atoms. The fraction of sp³-hybridized carbons (Fsp3) is 0.632. The molecule has 0 amide bonds. The minimum Gasteiger partial charge on any atom is -0.497 e. The van der Waals surface area contributed by atoms with Gasteiger partial charge in [0, 0.05) is 31.3 Å². The molecule has 1 aromatic carbocycles. The lowest BCUT2D eigenvalue weighted by molar-refractivity contribution is -0.149. The molecular formula is C19H30N2O3. The Morgan fingerprint density at radius 1 is 1.25 bits per heavy atom. The van der Waals surface area contributed by atoms with Crippen molar-refractivity contribution in [3.8, 4) is 5.75 Å². The Balaban J connectivity index is 1.61. The second kappa shape index (κ2) is 8.92. The highest BCUT2D eigenvalue weighted by atomic mass is 16.6. The lowest BCUT2D eigenvalue weighted by Crippen LogP contribution is -2.26. The van der Waals surface area contributed by atoms with E-state index in [1.165, 1.54) is 0 Å². The monoisotopic (exact) mass is 334 g/mol. The van der Waals surface area contributed by atoms with Crippen molar-refractivity contribution in [2.24, 2.45) is 5.41 Å². The van der Waals surface area contributed by atoms with Crippen molar-refractivity contribution in [3.63, 3.8) is 0 Å². The summed E-state index contributed by atoms with van der Waals surface area (Å²) in [6, 6.07) is 7.90. The summed E-state index contributed by atoms with van der Waals surface area (Å²) in [6.07, 6.45) is 3.55. The van der Waals surface area contributed by atoms with Gasteiger partial charge in [-0.2, -0.15) is 0 Å². The van der Waals surface area contributed by atoms with Gasteiger partial charge in [-0.3, -0.25) is 4.79 Å². The van der Waals surface area contributed by atoms with Crippen LogP contribution < -0.4 is 15.4 Å². The molecule has 1 atom stereocenters. The van der Waals surface area contributed by atoms with Crippen molar-refractivity contribution < 1.29 is 14.3 Å².